The number of alkyl halides is 3. The van der Waals surface area contributed by atoms with Crippen LogP contribution in [0, 0.1) is 0 Å². The normalized spacial score (nSPS) is 13.5. The topological polar surface area (TPSA) is 51.6 Å². The van der Waals surface area contributed by atoms with E-state index in [9.17, 15) is 18.3 Å². The van der Waals surface area contributed by atoms with Gasteiger partial charge in [0.15, 0.2) is 0 Å². The van der Waals surface area contributed by atoms with Crippen LogP contribution in [0.4, 0.5) is 13.2 Å². The maximum Gasteiger partial charge on any atom is 0.573 e. The van der Waals surface area contributed by atoms with Crippen molar-refractivity contribution in [1.82, 2.24) is 4.98 Å². The number of aromatic nitrogens is 1. The van der Waals surface area contributed by atoms with Crippen molar-refractivity contribution >= 4 is 0 Å². The smallest absolute Gasteiger partial charge is 0.488 e. The average molecular weight is 417 g/mol. The molecule has 0 aliphatic heterocycles. The summed E-state index contributed by atoms with van der Waals surface area (Å²) >= 11 is 0. The van der Waals surface area contributed by atoms with E-state index in [1.807, 2.05) is 12.1 Å². The lowest BCUT2D eigenvalue weighted by Crippen LogP contribution is -2.29. The molecule has 0 bridgehead atoms. The summed E-state index contributed by atoms with van der Waals surface area (Å²) in [6.45, 7) is 1.77. The van der Waals surface area contributed by atoms with Gasteiger partial charge in [-0.05, 0) is 55.2 Å². The highest BCUT2D eigenvalue weighted by molar-refractivity contribution is 5.70. The molecule has 0 aliphatic carbocycles. The predicted molar refractivity (Wildman–Crippen MR) is 107 cm³/mol. The molecule has 0 saturated carbocycles. The van der Waals surface area contributed by atoms with Gasteiger partial charge < -0.3 is 14.6 Å². The number of pyridine rings is 1. The molecule has 0 fully saturated rings. The van der Waals surface area contributed by atoms with Crippen molar-refractivity contribution in [3.63, 3.8) is 0 Å². The first-order valence-electron chi connectivity index (χ1n) is 9.50. The first kappa shape index (κ1) is 21.6. The number of hydrogen-bond acceptors (Lipinski definition) is 4. The fourth-order valence-electron chi connectivity index (χ4n) is 3.02. The Bertz CT molecular complexity index is 930. The number of aliphatic hydroxyl groups excluding tert-OH is 1. The maximum atomic E-state index is 12.6. The predicted octanol–water partition coefficient (Wildman–Crippen LogP) is 5.41. The highest BCUT2D eigenvalue weighted by Gasteiger charge is 2.32. The summed E-state index contributed by atoms with van der Waals surface area (Å²) in [7, 11) is 0. The largest absolute Gasteiger partial charge is 0.573 e. The SMILES string of the molecule is C[C@H](Oc1ccc(-c2ccccc2OC(F)(F)F)cc1)C(O)CCc1cccnc1. The molecule has 1 aromatic heterocycles. The Kier molecular flexibility index (Phi) is 6.95. The number of aryl methyl sites for hydroxylation is 1. The summed E-state index contributed by atoms with van der Waals surface area (Å²) < 4.78 is 47.8. The van der Waals surface area contributed by atoms with Crippen LogP contribution in [0.2, 0.25) is 0 Å². The second-order valence-electron chi connectivity index (χ2n) is 6.86. The van der Waals surface area contributed by atoms with Gasteiger partial charge in [-0.15, -0.1) is 13.2 Å². The van der Waals surface area contributed by atoms with Gasteiger partial charge in [-0.3, -0.25) is 4.98 Å². The molecule has 0 aliphatic rings. The number of rotatable bonds is 8. The Balaban J connectivity index is 1.62. The molecule has 2 aromatic carbocycles. The van der Waals surface area contributed by atoms with Crippen molar-refractivity contribution in [2.45, 2.75) is 38.3 Å². The molecular formula is C23H22F3NO3. The van der Waals surface area contributed by atoms with E-state index in [0.29, 0.717) is 29.7 Å². The molecule has 3 aromatic rings. The lowest BCUT2D eigenvalue weighted by molar-refractivity contribution is -0.274. The number of nitrogens with zero attached hydrogens (tertiary/aromatic N) is 1. The molecule has 1 unspecified atom stereocenters. The van der Waals surface area contributed by atoms with Gasteiger partial charge in [0.1, 0.15) is 17.6 Å². The van der Waals surface area contributed by atoms with Gasteiger partial charge in [0.25, 0.3) is 0 Å². The number of para-hydroxylation sites is 1. The zero-order chi connectivity index (χ0) is 21.6. The Hall–Kier alpha value is -3.06. The third-order valence-electron chi connectivity index (χ3n) is 4.59. The number of aliphatic hydroxyl groups is 1. The van der Waals surface area contributed by atoms with Gasteiger partial charge in [-0.1, -0.05) is 36.4 Å². The van der Waals surface area contributed by atoms with E-state index in [1.54, 1.807) is 55.7 Å². The van der Waals surface area contributed by atoms with Crippen LogP contribution in [-0.4, -0.2) is 28.7 Å². The molecule has 2 atom stereocenters. The first-order chi connectivity index (χ1) is 14.3. The van der Waals surface area contributed by atoms with E-state index >= 15 is 0 Å². The summed E-state index contributed by atoms with van der Waals surface area (Å²) in [6, 6.07) is 16.4. The summed E-state index contributed by atoms with van der Waals surface area (Å²) in [5.74, 6) is 0.249. The van der Waals surface area contributed by atoms with Crippen LogP contribution in [0.1, 0.15) is 18.9 Å². The molecular weight excluding hydrogens is 395 g/mol. The third kappa shape index (κ3) is 6.22. The third-order valence-corrected chi connectivity index (χ3v) is 4.59. The minimum atomic E-state index is -4.76. The fraction of sp³-hybridized carbons (Fsp3) is 0.261. The molecule has 1 heterocycles. The molecule has 0 amide bonds. The van der Waals surface area contributed by atoms with Crippen LogP contribution in [0.5, 0.6) is 11.5 Å². The number of halogens is 3. The Labute approximate surface area is 172 Å². The van der Waals surface area contributed by atoms with Crippen molar-refractivity contribution in [3.05, 3.63) is 78.6 Å². The molecule has 4 nitrogen and oxygen atoms in total. The van der Waals surface area contributed by atoms with Crippen molar-refractivity contribution in [3.8, 4) is 22.6 Å². The second-order valence-corrected chi connectivity index (χ2v) is 6.86. The molecule has 3 rings (SSSR count). The lowest BCUT2D eigenvalue weighted by Gasteiger charge is -2.21. The van der Waals surface area contributed by atoms with Crippen molar-refractivity contribution < 1.29 is 27.8 Å². The van der Waals surface area contributed by atoms with E-state index in [1.165, 1.54) is 12.1 Å². The standard InChI is InChI=1S/C23H22F3NO3/c1-16(21(28)13-8-17-5-4-14-27-15-17)29-19-11-9-18(10-12-19)20-6-2-3-7-22(20)30-23(24,25)26/h2-7,9-12,14-16,21,28H,8,13H2,1H3/t16-,21?/m0/s1. The molecule has 158 valence electrons. The molecule has 30 heavy (non-hydrogen) atoms. The van der Waals surface area contributed by atoms with Crippen LogP contribution < -0.4 is 9.47 Å². The Morgan fingerprint density at radius 2 is 1.73 bits per heavy atom. The van der Waals surface area contributed by atoms with Crippen LogP contribution in [0.15, 0.2) is 73.1 Å². The number of hydrogen-bond donors (Lipinski definition) is 1. The molecule has 0 saturated heterocycles. The highest BCUT2D eigenvalue weighted by Crippen LogP contribution is 2.34. The van der Waals surface area contributed by atoms with Crippen LogP contribution in [0.3, 0.4) is 0 Å². The van der Waals surface area contributed by atoms with Crippen LogP contribution >= 0.6 is 0 Å². The van der Waals surface area contributed by atoms with E-state index in [-0.39, 0.29) is 5.75 Å². The van der Waals surface area contributed by atoms with E-state index in [0.717, 1.165) is 5.56 Å². The van der Waals surface area contributed by atoms with E-state index < -0.39 is 18.6 Å². The summed E-state index contributed by atoms with van der Waals surface area (Å²) in [5, 5.41) is 10.3. The zero-order valence-electron chi connectivity index (χ0n) is 16.3. The highest BCUT2D eigenvalue weighted by atomic mass is 19.4. The van der Waals surface area contributed by atoms with Gasteiger partial charge in [0.05, 0.1) is 6.10 Å². The van der Waals surface area contributed by atoms with Gasteiger partial charge in [0.2, 0.25) is 0 Å². The molecule has 7 heteroatoms. The summed E-state index contributed by atoms with van der Waals surface area (Å²) in [5.41, 5.74) is 1.92. The van der Waals surface area contributed by atoms with Crippen LogP contribution in [-0.2, 0) is 6.42 Å². The minimum Gasteiger partial charge on any atom is -0.488 e. The quantitative estimate of drug-likeness (QED) is 0.533. The molecule has 0 spiro atoms. The summed E-state index contributed by atoms with van der Waals surface area (Å²) in [4.78, 5) is 4.05. The van der Waals surface area contributed by atoms with Crippen molar-refractivity contribution in [1.29, 1.82) is 0 Å². The van der Waals surface area contributed by atoms with E-state index in [2.05, 4.69) is 9.72 Å². The number of benzene rings is 2. The Morgan fingerprint density at radius 3 is 2.40 bits per heavy atom. The summed E-state index contributed by atoms with van der Waals surface area (Å²) in [6.07, 6.45) is -1.23. The molecule has 1 N–H and O–H groups in total. The average Bonchev–Trinajstić information content (AvgIpc) is 2.72. The second kappa shape index (κ2) is 9.63. The van der Waals surface area contributed by atoms with Gasteiger partial charge >= 0.3 is 6.36 Å². The van der Waals surface area contributed by atoms with Crippen molar-refractivity contribution in [2.75, 3.05) is 0 Å². The Morgan fingerprint density at radius 1 is 1.00 bits per heavy atom. The van der Waals surface area contributed by atoms with Gasteiger partial charge in [-0.25, -0.2) is 0 Å². The first-order valence-corrected chi connectivity index (χ1v) is 9.50. The van der Waals surface area contributed by atoms with Gasteiger partial charge in [-0.2, -0.15) is 0 Å². The van der Waals surface area contributed by atoms with E-state index in [4.69, 9.17) is 4.74 Å². The number of ether oxygens (including phenoxy) is 2. The van der Waals surface area contributed by atoms with Crippen LogP contribution in [0.25, 0.3) is 11.1 Å². The monoisotopic (exact) mass is 417 g/mol. The fourth-order valence-corrected chi connectivity index (χ4v) is 3.02. The van der Waals surface area contributed by atoms with Crippen molar-refractivity contribution in [2.24, 2.45) is 0 Å². The molecule has 0 radical (unpaired) electrons. The van der Waals surface area contributed by atoms with Gasteiger partial charge in [0, 0.05) is 18.0 Å². The zero-order valence-corrected chi connectivity index (χ0v) is 16.3. The maximum absolute atomic E-state index is 12.6. The lowest BCUT2D eigenvalue weighted by atomic mass is 10.0. The minimum absolute atomic E-state index is 0.266.